The van der Waals surface area contributed by atoms with Crippen LogP contribution in [0.15, 0.2) is 30.5 Å². The smallest absolute Gasteiger partial charge is 0.252 e. The lowest BCUT2D eigenvalue weighted by Crippen LogP contribution is -2.45. The number of carbonyl (C=O) groups excluding carboxylic acids is 2. The van der Waals surface area contributed by atoms with Gasteiger partial charge in [-0.25, -0.2) is 4.52 Å². The molecule has 0 spiro atoms. The fraction of sp³-hybridized carbons (Fsp3) is 0.400. The van der Waals surface area contributed by atoms with Gasteiger partial charge in [0, 0.05) is 6.20 Å². The van der Waals surface area contributed by atoms with Crippen molar-refractivity contribution < 1.29 is 19.1 Å². The molecule has 4 rings (SSSR count). The van der Waals surface area contributed by atoms with Gasteiger partial charge in [-0.2, -0.15) is 5.10 Å². The summed E-state index contributed by atoms with van der Waals surface area (Å²) in [5.41, 5.74) is 0.923. The van der Waals surface area contributed by atoms with Crippen LogP contribution in [0.5, 0.6) is 0 Å². The predicted octanol–water partition coefficient (Wildman–Crippen LogP) is 0.291. The van der Waals surface area contributed by atoms with Gasteiger partial charge in [-0.3, -0.25) is 9.59 Å². The van der Waals surface area contributed by atoms with Gasteiger partial charge in [-0.05, 0) is 38.1 Å². The summed E-state index contributed by atoms with van der Waals surface area (Å²) in [6.07, 6.45) is 0.378. The van der Waals surface area contributed by atoms with Gasteiger partial charge < -0.3 is 20.1 Å². The van der Waals surface area contributed by atoms with Crippen LogP contribution in [-0.4, -0.2) is 45.5 Å². The van der Waals surface area contributed by atoms with Gasteiger partial charge in [0.1, 0.15) is 12.1 Å². The Morgan fingerprint density at radius 3 is 3.00 bits per heavy atom. The molecule has 0 bridgehead atoms. The van der Waals surface area contributed by atoms with Crippen LogP contribution in [0.4, 0.5) is 5.82 Å². The van der Waals surface area contributed by atoms with E-state index in [9.17, 15) is 9.59 Å². The van der Waals surface area contributed by atoms with Crippen molar-refractivity contribution in [3.05, 3.63) is 30.5 Å². The van der Waals surface area contributed by atoms with Crippen molar-refractivity contribution in [2.75, 3.05) is 5.32 Å². The highest BCUT2D eigenvalue weighted by atomic mass is 16.8. The molecule has 0 aliphatic carbocycles. The van der Waals surface area contributed by atoms with Crippen molar-refractivity contribution in [2.45, 2.75) is 37.9 Å². The number of carbonyl (C=O) groups is 2. The molecule has 0 aromatic carbocycles. The molecule has 0 radical (unpaired) electrons. The summed E-state index contributed by atoms with van der Waals surface area (Å²) < 4.78 is 12.9. The van der Waals surface area contributed by atoms with Crippen LogP contribution in [-0.2, 0) is 19.1 Å². The molecule has 4 heterocycles. The highest BCUT2D eigenvalue weighted by molar-refractivity contribution is 6.01. The minimum Gasteiger partial charge on any atom is -0.341 e. The van der Waals surface area contributed by atoms with E-state index in [1.165, 1.54) is 0 Å². The van der Waals surface area contributed by atoms with Gasteiger partial charge in [-0.1, -0.05) is 0 Å². The number of fused-ring (bicyclic) bond motifs is 2. The highest BCUT2D eigenvalue weighted by Gasteiger charge is 2.56. The van der Waals surface area contributed by atoms with Crippen LogP contribution in [0.3, 0.4) is 0 Å². The largest absolute Gasteiger partial charge is 0.341 e. The van der Waals surface area contributed by atoms with E-state index in [1.54, 1.807) is 30.6 Å². The lowest BCUT2D eigenvalue weighted by molar-refractivity contribution is -0.163. The SMILES string of the molecule is CC1(C)O[C@H]2[C@@H](C(=O)Nc3ccc4cccn4n3)NC(=O)[C@H]2O1. The molecule has 0 saturated carbocycles. The van der Waals surface area contributed by atoms with Gasteiger partial charge in [-0.15, -0.1) is 0 Å². The molecule has 2 N–H and O–H groups in total. The second-order valence-electron chi connectivity index (χ2n) is 6.09. The molecule has 23 heavy (non-hydrogen) atoms. The maximum Gasteiger partial charge on any atom is 0.252 e. The van der Waals surface area contributed by atoms with E-state index in [4.69, 9.17) is 9.47 Å². The van der Waals surface area contributed by atoms with Crippen molar-refractivity contribution in [1.82, 2.24) is 14.9 Å². The number of hydrogen-bond acceptors (Lipinski definition) is 5. The van der Waals surface area contributed by atoms with E-state index < -0.39 is 24.0 Å². The molecule has 2 fully saturated rings. The molecule has 0 unspecified atom stereocenters. The fourth-order valence-electron chi connectivity index (χ4n) is 2.96. The second-order valence-corrected chi connectivity index (χ2v) is 6.09. The van der Waals surface area contributed by atoms with E-state index in [0.717, 1.165) is 5.52 Å². The molecule has 2 aliphatic rings. The van der Waals surface area contributed by atoms with Gasteiger partial charge >= 0.3 is 0 Å². The first-order valence-corrected chi connectivity index (χ1v) is 7.34. The zero-order chi connectivity index (χ0) is 16.2. The molecule has 120 valence electrons. The molecule has 8 heteroatoms. The van der Waals surface area contributed by atoms with Gasteiger partial charge in [0.2, 0.25) is 0 Å². The summed E-state index contributed by atoms with van der Waals surface area (Å²) in [5.74, 6) is -1.20. The number of aromatic nitrogens is 2. The molecule has 2 aliphatic heterocycles. The first kappa shape index (κ1) is 14.2. The molecular weight excluding hydrogens is 300 g/mol. The Hall–Kier alpha value is -2.45. The Morgan fingerprint density at radius 2 is 2.17 bits per heavy atom. The van der Waals surface area contributed by atoms with Gasteiger partial charge in [0.15, 0.2) is 17.7 Å². The third-order valence-corrected chi connectivity index (χ3v) is 3.93. The lowest BCUT2D eigenvalue weighted by atomic mass is 10.1. The Morgan fingerprint density at radius 1 is 1.35 bits per heavy atom. The van der Waals surface area contributed by atoms with Crippen LogP contribution >= 0.6 is 0 Å². The average molecular weight is 316 g/mol. The third kappa shape index (κ3) is 2.36. The zero-order valence-corrected chi connectivity index (χ0v) is 12.6. The maximum atomic E-state index is 12.5. The van der Waals surface area contributed by atoms with E-state index >= 15 is 0 Å². The summed E-state index contributed by atoms with van der Waals surface area (Å²) in [7, 11) is 0. The maximum absolute atomic E-state index is 12.5. The minimum absolute atomic E-state index is 0.338. The summed E-state index contributed by atoms with van der Waals surface area (Å²) in [5, 5.41) is 9.60. The van der Waals surface area contributed by atoms with Crippen LogP contribution in [0, 0.1) is 0 Å². The van der Waals surface area contributed by atoms with Crippen molar-refractivity contribution in [1.29, 1.82) is 0 Å². The molecule has 3 atom stereocenters. The van der Waals surface area contributed by atoms with Gasteiger partial charge in [0.25, 0.3) is 11.8 Å². The normalized spacial score (nSPS) is 28.6. The number of amides is 2. The molecular formula is C15H16N4O4. The van der Waals surface area contributed by atoms with Crippen molar-refractivity contribution in [3.8, 4) is 0 Å². The van der Waals surface area contributed by atoms with Crippen molar-refractivity contribution in [3.63, 3.8) is 0 Å². The standard InChI is InChI=1S/C15H16N4O4/c1-15(2)22-11-10(17-14(21)12(11)23-15)13(20)16-9-6-5-8-4-3-7-19(8)18-9/h3-7,10-12H,1-2H3,(H,17,21)(H,16,18,20)/t10-,11-,12-/m0/s1. The molecule has 2 saturated heterocycles. The Kier molecular flexibility index (Phi) is 2.94. The Labute approximate surface area is 131 Å². The Balaban J connectivity index is 1.53. The number of nitrogens with one attached hydrogen (secondary N) is 2. The van der Waals surface area contributed by atoms with Crippen LogP contribution < -0.4 is 10.6 Å². The zero-order valence-electron chi connectivity index (χ0n) is 12.6. The summed E-state index contributed by atoms with van der Waals surface area (Å²) >= 11 is 0. The summed E-state index contributed by atoms with van der Waals surface area (Å²) in [6, 6.07) is 6.51. The monoisotopic (exact) mass is 316 g/mol. The number of ether oxygens (including phenoxy) is 2. The minimum atomic E-state index is -0.881. The summed E-state index contributed by atoms with van der Waals surface area (Å²) in [6.45, 7) is 3.43. The molecule has 2 amide bonds. The van der Waals surface area contributed by atoms with Crippen molar-refractivity contribution >= 4 is 23.1 Å². The van der Waals surface area contributed by atoms with E-state index in [1.807, 2.05) is 18.2 Å². The first-order valence-electron chi connectivity index (χ1n) is 7.34. The van der Waals surface area contributed by atoms with E-state index in [0.29, 0.717) is 5.82 Å². The summed E-state index contributed by atoms with van der Waals surface area (Å²) in [4.78, 5) is 24.4. The number of hydrogen-bond donors (Lipinski definition) is 2. The van der Waals surface area contributed by atoms with Crippen molar-refractivity contribution in [2.24, 2.45) is 0 Å². The fourth-order valence-corrected chi connectivity index (χ4v) is 2.96. The third-order valence-electron chi connectivity index (χ3n) is 3.93. The van der Waals surface area contributed by atoms with Crippen LogP contribution in [0.2, 0.25) is 0 Å². The molecule has 2 aromatic rings. The Bertz CT molecular complexity index is 800. The first-order chi connectivity index (χ1) is 10.9. The average Bonchev–Trinajstić information content (AvgIpc) is 3.13. The van der Waals surface area contributed by atoms with E-state index in [-0.39, 0.29) is 11.8 Å². The van der Waals surface area contributed by atoms with Crippen LogP contribution in [0.25, 0.3) is 5.52 Å². The van der Waals surface area contributed by atoms with Crippen LogP contribution in [0.1, 0.15) is 13.8 Å². The second kappa shape index (κ2) is 4.77. The molecule has 8 nitrogen and oxygen atoms in total. The molecule has 2 aromatic heterocycles. The highest BCUT2D eigenvalue weighted by Crippen LogP contribution is 2.33. The number of nitrogens with zero attached hydrogens (tertiary/aromatic N) is 2. The number of rotatable bonds is 2. The topological polar surface area (TPSA) is 94.0 Å². The predicted molar refractivity (Wildman–Crippen MR) is 79.6 cm³/mol. The lowest BCUT2D eigenvalue weighted by Gasteiger charge is -2.21. The number of anilines is 1. The van der Waals surface area contributed by atoms with Gasteiger partial charge in [0.05, 0.1) is 5.52 Å². The quantitative estimate of drug-likeness (QED) is 0.830. The van der Waals surface area contributed by atoms with E-state index in [2.05, 4.69) is 15.7 Å².